The predicted molar refractivity (Wildman–Crippen MR) is 247 cm³/mol. The summed E-state index contributed by atoms with van der Waals surface area (Å²) in [5, 5.41) is 19.0. The summed E-state index contributed by atoms with van der Waals surface area (Å²) >= 11 is 0. The van der Waals surface area contributed by atoms with Crippen LogP contribution in [-0.2, 0) is 27.4 Å². The average Bonchev–Trinajstić information content (AvgIpc) is 3.29. The van der Waals surface area contributed by atoms with Crippen LogP contribution in [-0.4, -0.2) is 52.2 Å². The van der Waals surface area contributed by atoms with Crippen LogP contribution in [0.15, 0.2) is 127 Å². The number of nitrogens with one attached hydrogen (secondary N) is 3. The highest BCUT2D eigenvalue weighted by Gasteiger charge is 2.46. The van der Waals surface area contributed by atoms with E-state index in [2.05, 4.69) is 97.1 Å². The number of hydrogen-bond donors (Lipinski definition) is 4. The molecule has 2 aliphatic heterocycles. The molecule has 10 heteroatoms. The molecular weight excluding hydrogens is 789 g/mol. The fraction of sp³-hybridized carbons (Fsp3) is 0.396. The number of hydrogen-bond acceptors (Lipinski definition) is 7. The molecule has 2 saturated heterocycles. The van der Waals surface area contributed by atoms with Crippen LogP contribution < -0.4 is 20.7 Å². The van der Waals surface area contributed by atoms with Gasteiger partial charge < -0.3 is 35.3 Å². The highest BCUT2D eigenvalue weighted by molar-refractivity contribution is 5.89. The number of carbonyl (C=O) groups is 2. The Hall–Kier alpha value is -5.52. The van der Waals surface area contributed by atoms with Gasteiger partial charge in [-0.1, -0.05) is 105 Å². The van der Waals surface area contributed by atoms with Crippen molar-refractivity contribution in [2.75, 3.05) is 11.9 Å². The monoisotopic (exact) mass is 850 g/mol. The van der Waals surface area contributed by atoms with Gasteiger partial charge in [-0.15, -0.1) is 0 Å². The van der Waals surface area contributed by atoms with Gasteiger partial charge in [0, 0.05) is 41.8 Å². The van der Waals surface area contributed by atoms with E-state index in [1.807, 2.05) is 78.9 Å². The lowest BCUT2D eigenvalue weighted by Crippen LogP contribution is -2.61. The van der Waals surface area contributed by atoms with Crippen LogP contribution in [0.25, 0.3) is 11.1 Å². The summed E-state index contributed by atoms with van der Waals surface area (Å²) in [7, 11) is 0. The maximum Gasteiger partial charge on any atom is 0.319 e. The Morgan fingerprint density at radius 2 is 1.46 bits per heavy atom. The summed E-state index contributed by atoms with van der Waals surface area (Å²) < 4.78 is 19.7. The minimum atomic E-state index is -0.627. The Balaban J connectivity index is 0.957. The number of carbonyl (C=O) groups excluding carboxylic acids is 2. The lowest BCUT2D eigenvalue weighted by molar-refractivity contribution is -0.278. The van der Waals surface area contributed by atoms with E-state index in [9.17, 15) is 14.7 Å². The molecule has 5 aromatic rings. The number of amides is 3. The van der Waals surface area contributed by atoms with Gasteiger partial charge in [0.25, 0.3) is 0 Å². The van der Waals surface area contributed by atoms with E-state index in [0.717, 1.165) is 58.4 Å². The maximum atomic E-state index is 13.9. The largest absolute Gasteiger partial charge is 0.457 e. The second-order valence-corrected chi connectivity index (χ2v) is 18.5. The van der Waals surface area contributed by atoms with Crippen LogP contribution >= 0.6 is 0 Å². The summed E-state index contributed by atoms with van der Waals surface area (Å²) in [5.74, 6) is 2.13. The number of urea groups is 1. The number of piperidine rings is 1. The van der Waals surface area contributed by atoms with Crippen molar-refractivity contribution in [3.8, 4) is 22.6 Å². The fourth-order valence-electron chi connectivity index (χ4n) is 9.55. The zero-order valence-corrected chi connectivity index (χ0v) is 37.0. The van der Waals surface area contributed by atoms with Crippen molar-refractivity contribution in [2.24, 2.45) is 11.8 Å². The molecule has 330 valence electrons. The molecule has 7 atom stereocenters. The Kier molecular flexibility index (Phi) is 13.9. The molecule has 3 aliphatic rings. The van der Waals surface area contributed by atoms with Crippen LogP contribution in [0.3, 0.4) is 0 Å². The van der Waals surface area contributed by atoms with Gasteiger partial charge in [0.2, 0.25) is 5.91 Å². The van der Waals surface area contributed by atoms with Gasteiger partial charge in [-0.25, -0.2) is 4.79 Å². The molecule has 63 heavy (non-hydrogen) atoms. The molecule has 4 N–H and O–H groups in total. The van der Waals surface area contributed by atoms with Crippen molar-refractivity contribution in [3.05, 3.63) is 150 Å². The van der Waals surface area contributed by atoms with Gasteiger partial charge in [-0.3, -0.25) is 9.69 Å². The molecule has 10 nitrogen and oxygen atoms in total. The molecular formula is C53H62N4O6. The zero-order valence-electron chi connectivity index (χ0n) is 37.0. The lowest BCUT2D eigenvalue weighted by atomic mass is 9.75. The number of fused-ring (bicyclic) bond motifs is 1. The third-order valence-electron chi connectivity index (χ3n) is 12.8. The first-order chi connectivity index (χ1) is 30.5. The van der Waals surface area contributed by atoms with E-state index in [1.54, 1.807) is 0 Å². The number of para-hydroxylation sites is 1. The first-order valence-corrected chi connectivity index (χ1v) is 22.6. The quantitative estimate of drug-likeness (QED) is 0.0986. The van der Waals surface area contributed by atoms with E-state index in [0.29, 0.717) is 36.5 Å². The number of anilines is 1. The van der Waals surface area contributed by atoms with Crippen molar-refractivity contribution < 1.29 is 28.9 Å². The number of likely N-dealkylation sites (tertiary alicyclic amines) is 1. The smallest absolute Gasteiger partial charge is 0.319 e. The summed E-state index contributed by atoms with van der Waals surface area (Å²) in [5.41, 5.74) is 6.18. The third-order valence-corrected chi connectivity index (χ3v) is 12.8. The summed E-state index contributed by atoms with van der Waals surface area (Å²) in [6.07, 6.45) is 5.59. The van der Waals surface area contributed by atoms with Gasteiger partial charge in [0.1, 0.15) is 11.5 Å². The van der Waals surface area contributed by atoms with Crippen LogP contribution in [0.2, 0.25) is 0 Å². The molecule has 8 rings (SSSR count). The van der Waals surface area contributed by atoms with Crippen molar-refractivity contribution in [2.45, 2.75) is 115 Å². The van der Waals surface area contributed by atoms with E-state index in [-0.39, 0.29) is 48.3 Å². The number of aliphatic hydroxyl groups is 1. The Bertz CT molecular complexity index is 2280. The van der Waals surface area contributed by atoms with E-state index < -0.39 is 6.29 Å². The maximum absolute atomic E-state index is 13.9. The molecule has 0 spiro atoms. The van der Waals surface area contributed by atoms with Gasteiger partial charge in [0.15, 0.2) is 6.29 Å². The molecule has 1 saturated carbocycles. The van der Waals surface area contributed by atoms with Crippen LogP contribution in [0.4, 0.5) is 10.5 Å². The first-order valence-electron chi connectivity index (χ1n) is 22.6. The Morgan fingerprint density at radius 3 is 2.19 bits per heavy atom. The number of rotatable bonds is 12. The number of ether oxygens (including phenoxy) is 3. The van der Waals surface area contributed by atoms with Gasteiger partial charge in [0.05, 0.1) is 24.9 Å². The molecule has 0 aromatic heterocycles. The Labute approximate surface area is 372 Å². The molecule has 0 radical (unpaired) electrons. The molecule has 3 fully saturated rings. The SMILES string of the molecule is C[C@H]1[C@@H](CN2[C@@H](C(=O)NC(C)(C)C)CC[C@H]3CCCC[C@H]32)O[C@@H](c2ccc(-c3cccc(CNC(=O)Nc4ccc(Oc5ccccc5)cc4)c3)cc2)O[C@H]1c1ccc(CO)cc1. The molecule has 5 aromatic carbocycles. The zero-order chi connectivity index (χ0) is 43.9. The normalized spacial score (nSPS) is 23.9. The first kappa shape index (κ1) is 44.1. The van der Waals surface area contributed by atoms with E-state index in [1.165, 1.54) is 19.3 Å². The van der Waals surface area contributed by atoms with Crippen LogP contribution in [0.1, 0.15) is 101 Å². The molecule has 0 bridgehead atoms. The topological polar surface area (TPSA) is 121 Å². The number of nitrogens with zero attached hydrogens (tertiary/aromatic N) is 1. The van der Waals surface area contributed by atoms with Crippen molar-refractivity contribution in [1.82, 2.24) is 15.5 Å². The van der Waals surface area contributed by atoms with Gasteiger partial charge >= 0.3 is 6.03 Å². The average molecular weight is 851 g/mol. The second-order valence-electron chi connectivity index (χ2n) is 18.5. The van der Waals surface area contributed by atoms with Crippen molar-refractivity contribution in [3.63, 3.8) is 0 Å². The van der Waals surface area contributed by atoms with E-state index in [4.69, 9.17) is 14.2 Å². The standard InChI is InChI=1S/C53H62N4O6/c1-35-48(33-57-46-16-9-8-12-39(46)25-30-47(57)50(59)56-53(2,3)4)62-51(63-49(35)40-19-17-36(34-58)18-20-40)41-23-21-38(22-24-41)42-13-10-11-37(31-42)32-54-52(60)55-43-26-28-45(29-27-43)61-44-14-6-5-7-15-44/h5-7,10-11,13-15,17-24,26-29,31,35,39,46-49,51,58H,8-9,12,16,25,30,32-34H2,1-4H3,(H,56,59)(H2,54,55,60)/t35-,39+,46+,47+,48+,49+,51+/m0/s1. The lowest BCUT2D eigenvalue weighted by Gasteiger charge is -2.51. The van der Waals surface area contributed by atoms with Crippen molar-refractivity contribution in [1.29, 1.82) is 0 Å². The highest BCUT2D eigenvalue weighted by Crippen LogP contribution is 2.45. The fourth-order valence-corrected chi connectivity index (χ4v) is 9.55. The summed E-state index contributed by atoms with van der Waals surface area (Å²) in [4.78, 5) is 29.3. The molecule has 1 aliphatic carbocycles. The number of benzene rings is 5. The minimum absolute atomic E-state index is 0.00528. The van der Waals surface area contributed by atoms with Crippen LogP contribution in [0, 0.1) is 11.8 Å². The minimum Gasteiger partial charge on any atom is -0.457 e. The number of aliphatic hydroxyl groups excluding tert-OH is 1. The molecule has 3 amide bonds. The Morgan fingerprint density at radius 1 is 0.746 bits per heavy atom. The predicted octanol–water partition coefficient (Wildman–Crippen LogP) is 10.7. The second kappa shape index (κ2) is 19.9. The van der Waals surface area contributed by atoms with Gasteiger partial charge in [-0.05, 0) is 123 Å². The molecule has 0 unspecified atom stereocenters. The highest BCUT2D eigenvalue weighted by atomic mass is 16.7. The van der Waals surface area contributed by atoms with Crippen LogP contribution in [0.5, 0.6) is 11.5 Å². The third kappa shape index (κ3) is 11.2. The van der Waals surface area contributed by atoms with Crippen molar-refractivity contribution >= 4 is 17.6 Å². The summed E-state index contributed by atoms with van der Waals surface area (Å²) in [6, 6.07) is 41.2. The van der Waals surface area contributed by atoms with Gasteiger partial charge in [-0.2, -0.15) is 0 Å². The van der Waals surface area contributed by atoms with E-state index >= 15 is 0 Å². The summed E-state index contributed by atoms with van der Waals surface area (Å²) in [6.45, 7) is 9.33. The molecule has 2 heterocycles.